The molecule has 1 saturated heterocycles. The molecule has 0 radical (unpaired) electrons. The Kier molecular flexibility index (Phi) is 4.80. The summed E-state index contributed by atoms with van der Waals surface area (Å²) in [7, 11) is 0. The maximum Gasteiger partial charge on any atom is 0.0940 e. The first-order chi connectivity index (χ1) is 9.21. The van der Waals surface area contributed by atoms with Gasteiger partial charge in [0.05, 0.1) is 18.3 Å². The van der Waals surface area contributed by atoms with Crippen LogP contribution in [-0.4, -0.2) is 54.0 Å². The van der Waals surface area contributed by atoms with Gasteiger partial charge in [-0.15, -0.1) is 0 Å². The molecule has 1 heterocycles. The average molecular weight is 284 g/mol. The highest BCUT2D eigenvalue weighted by Gasteiger charge is 2.38. The molecule has 118 valence electrons. The van der Waals surface area contributed by atoms with Crippen molar-refractivity contribution in [3.05, 3.63) is 0 Å². The van der Waals surface area contributed by atoms with Gasteiger partial charge in [0, 0.05) is 25.7 Å². The standard InChI is InChI=1S/C16H32N2O2/c1-15(2)6-5-14(17)12(7-15)8-18-9-13(10-19)20-16(3,4)11-18/h12-14,19H,5-11,17H2,1-4H3. The summed E-state index contributed by atoms with van der Waals surface area (Å²) >= 11 is 0. The van der Waals surface area contributed by atoms with Crippen LogP contribution in [0.2, 0.25) is 0 Å². The van der Waals surface area contributed by atoms with Gasteiger partial charge >= 0.3 is 0 Å². The van der Waals surface area contributed by atoms with Crippen molar-refractivity contribution in [1.29, 1.82) is 0 Å². The minimum atomic E-state index is -0.181. The van der Waals surface area contributed by atoms with Crippen molar-refractivity contribution in [2.45, 2.75) is 64.7 Å². The summed E-state index contributed by atoms with van der Waals surface area (Å²) in [5.74, 6) is 0.562. The minimum Gasteiger partial charge on any atom is -0.394 e. The van der Waals surface area contributed by atoms with E-state index in [1.165, 1.54) is 12.8 Å². The fraction of sp³-hybridized carbons (Fsp3) is 1.00. The minimum absolute atomic E-state index is 0.0634. The summed E-state index contributed by atoms with van der Waals surface area (Å²) in [5.41, 5.74) is 6.58. The van der Waals surface area contributed by atoms with Crippen LogP contribution in [0.1, 0.15) is 47.0 Å². The number of morpholine rings is 1. The third kappa shape index (κ3) is 4.17. The van der Waals surface area contributed by atoms with Crippen molar-refractivity contribution in [2.75, 3.05) is 26.2 Å². The smallest absolute Gasteiger partial charge is 0.0940 e. The molecular weight excluding hydrogens is 252 g/mol. The highest BCUT2D eigenvalue weighted by atomic mass is 16.5. The lowest BCUT2D eigenvalue weighted by Crippen LogP contribution is -2.56. The van der Waals surface area contributed by atoms with Gasteiger partial charge in [-0.05, 0) is 44.4 Å². The predicted molar refractivity (Wildman–Crippen MR) is 81.6 cm³/mol. The van der Waals surface area contributed by atoms with E-state index < -0.39 is 0 Å². The van der Waals surface area contributed by atoms with Crippen LogP contribution in [0.5, 0.6) is 0 Å². The van der Waals surface area contributed by atoms with Gasteiger partial charge in [-0.3, -0.25) is 4.90 Å². The van der Waals surface area contributed by atoms with E-state index in [2.05, 4.69) is 32.6 Å². The summed E-state index contributed by atoms with van der Waals surface area (Å²) in [6.07, 6.45) is 3.51. The zero-order valence-electron chi connectivity index (χ0n) is 13.6. The number of hydrogen-bond acceptors (Lipinski definition) is 4. The molecule has 20 heavy (non-hydrogen) atoms. The number of nitrogens with zero attached hydrogens (tertiary/aromatic N) is 1. The van der Waals surface area contributed by atoms with E-state index in [0.717, 1.165) is 26.1 Å². The average Bonchev–Trinajstić information content (AvgIpc) is 2.31. The van der Waals surface area contributed by atoms with Gasteiger partial charge in [0.25, 0.3) is 0 Å². The van der Waals surface area contributed by atoms with Crippen molar-refractivity contribution in [3.63, 3.8) is 0 Å². The van der Waals surface area contributed by atoms with Crippen LogP contribution in [0, 0.1) is 11.3 Å². The topological polar surface area (TPSA) is 58.7 Å². The van der Waals surface area contributed by atoms with Crippen LogP contribution in [0.15, 0.2) is 0 Å². The third-order valence-corrected chi connectivity index (χ3v) is 4.82. The van der Waals surface area contributed by atoms with Crippen LogP contribution in [0.25, 0.3) is 0 Å². The number of ether oxygens (including phenoxy) is 1. The molecule has 3 atom stereocenters. The Morgan fingerprint density at radius 2 is 2.00 bits per heavy atom. The van der Waals surface area contributed by atoms with E-state index in [1.54, 1.807) is 0 Å². The first-order valence-corrected chi connectivity index (χ1v) is 7.97. The maximum atomic E-state index is 9.41. The zero-order chi connectivity index (χ0) is 15.0. The number of aliphatic hydroxyl groups is 1. The molecule has 2 fully saturated rings. The molecule has 0 aromatic carbocycles. The van der Waals surface area contributed by atoms with E-state index in [-0.39, 0.29) is 18.3 Å². The van der Waals surface area contributed by atoms with Gasteiger partial charge in [-0.25, -0.2) is 0 Å². The summed E-state index contributed by atoms with van der Waals surface area (Å²) in [6.45, 7) is 11.8. The molecular formula is C16H32N2O2. The van der Waals surface area contributed by atoms with E-state index in [0.29, 0.717) is 17.4 Å². The lowest BCUT2D eigenvalue weighted by Gasteiger charge is -2.46. The predicted octanol–water partition coefficient (Wildman–Crippen LogP) is 1.61. The highest BCUT2D eigenvalue weighted by molar-refractivity contribution is 4.91. The second-order valence-electron chi connectivity index (χ2n) is 8.21. The van der Waals surface area contributed by atoms with Gasteiger partial charge < -0.3 is 15.6 Å². The fourth-order valence-corrected chi connectivity index (χ4v) is 3.94. The molecule has 1 saturated carbocycles. The molecule has 0 spiro atoms. The molecule has 2 rings (SSSR count). The second kappa shape index (κ2) is 5.91. The van der Waals surface area contributed by atoms with Crippen molar-refractivity contribution >= 4 is 0 Å². The Labute approximate surface area is 123 Å². The van der Waals surface area contributed by atoms with Crippen molar-refractivity contribution in [2.24, 2.45) is 17.1 Å². The normalized spacial score (nSPS) is 37.8. The number of rotatable bonds is 3. The molecule has 1 aliphatic carbocycles. The zero-order valence-corrected chi connectivity index (χ0v) is 13.6. The first-order valence-electron chi connectivity index (χ1n) is 7.97. The van der Waals surface area contributed by atoms with Gasteiger partial charge in [-0.1, -0.05) is 13.8 Å². The Morgan fingerprint density at radius 3 is 2.65 bits per heavy atom. The SMILES string of the molecule is CC1(C)CCC(N)C(CN2CC(CO)OC(C)(C)C2)C1. The van der Waals surface area contributed by atoms with E-state index in [9.17, 15) is 5.11 Å². The number of nitrogens with two attached hydrogens (primary N) is 1. The summed E-state index contributed by atoms with van der Waals surface area (Å²) in [4.78, 5) is 2.44. The van der Waals surface area contributed by atoms with Crippen LogP contribution >= 0.6 is 0 Å². The summed E-state index contributed by atoms with van der Waals surface area (Å²) in [6, 6.07) is 0.321. The molecule has 3 N–H and O–H groups in total. The van der Waals surface area contributed by atoms with Crippen LogP contribution < -0.4 is 5.73 Å². The van der Waals surface area contributed by atoms with Crippen LogP contribution in [0.4, 0.5) is 0 Å². The lowest BCUT2D eigenvalue weighted by atomic mass is 9.70. The molecule has 4 heteroatoms. The molecule has 2 aliphatic rings. The Morgan fingerprint density at radius 1 is 1.30 bits per heavy atom. The fourth-order valence-electron chi connectivity index (χ4n) is 3.94. The van der Waals surface area contributed by atoms with Gasteiger partial charge in [0.15, 0.2) is 0 Å². The molecule has 1 aliphatic heterocycles. The van der Waals surface area contributed by atoms with E-state index >= 15 is 0 Å². The number of hydrogen-bond donors (Lipinski definition) is 2. The van der Waals surface area contributed by atoms with Crippen molar-refractivity contribution in [1.82, 2.24) is 4.90 Å². The van der Waals surface area contributed by atoms with Crippen LogP contribution in [0.3, 0.4) is 0 Å². The quantitative estimate of drug-likeness (QED) is 0.827. The first kappa shape index (κ1) is 16.2. The lowest BCUT2D eigenvalue weighted by molar-refractivity contribution is -0.152. The van der Waals surface area contributed by atoms with E-state index in [1.807, 2.05) is 0 Å². The van der Waals surface area contributed by atoms with Gasteiger partial charge in [0.1, 0.15) is 0 Å². The molecule has 3 unspecified atom stereocenters. The summed E-state index contributed by atoms with van der Waals surface area (Å²) in [5, 5.41) is 9.41. The monoisotopic (exact) mass is 284 g/mol. The maximum absolute atomic E-state index is 9.41. The second-order valence-corrected chi connectivity index (χ2v) is 8.21. The summed E-state index contributed by atoms with van der Waals surface area (Å²) < 4.78 is 5.89. The number of aliphatic hydroxyl groups excluding tert-OH is 1. The molecule has 4 nitrogen and oxygen atoms in total. The molecule has 0 aromatic rings. The van der Waals surface area contributed by atoms with Crippen molar-refractivity contribution < 1.29 is 9.84 Å². The Hall–Kier alpha value is -0.160. The largest absolute Gasteiger partial charge is 0.394 e. The van der Waals surface area contributed by atoms with Crippen LogP contribution in [-0.2, 0) is 4.74 Å². The Balaban J connectivity index is 1.97. The van der Waals surface area contributed by atoms with Gasteiger partial charge in [-0.2, -0.15) is 0 Å². The van der Waals surface area contributed by atoms with E-state index in [4.69, 9.17) is 10.5 Å². The molecule has 0 aromatic heterocycles. The third-order valence-electron chi connectivity index (χ3n) is 4.82. The Bertz CT molecular complexity index is 330. The van der Waals surface area contributed by atoms with Gasteiger partial charge in [0.2, 0.25) is 0 Å². The van der Waals surface area contributed by atoms with Crippen molar-refractivity contribution in [3.8, 4) is 0 Å². The molecule has 0 amide bonds. The highest BCUT2D eigenvalue weighted by Crippen LogP contribution is 2.38. The molecule has 0 bridgehead atoms.